The third-order valence-electron chi connectivity index (χ3n) is 2.64. The second kappa shape index (κ2) is 2.69. The largest absolute Gasteiger partial charge is 0.102 e. The fraction of sp³-hybridized carbons (Fsp3) is 0.455. The van der Waals surface area contributed by atoms with Crippen LogP contribution in [0.5, 0.6) is 0 Å². The minimum Gasteiger partial charge on any atom is -0.102 e. The summed E-state index contributed by atoms with van der Waals surface area (Å²) in [5.41, 5.74) is 3.01. The van der Waals surface area contributed by atoms with E-state index in [1.165, 1.54) is 11.1 Å². The van der Waals surface area contributed by atoms with E-state index in [0.29, 0.717) is 0 Å². The van der Waals surface area contributed by atoms with E-state index < -0.39 is 0 Å². The van der Waals surface area contributed by atoms with Gasteiger partial charge in [-0.25, -0.2) is 0 Å². The Kier molecular flexibility index (Phi) is 2.03. The van der Waals surface area contributed by atoms with Crippen molar-refractivity contribution in [2.24, 2.45) is 5.41 Å². The lowest BCUT2D eigenvalue weighted by atomic mass is 9.76. The van der Waals surface area contributed by atoms with Gasteiger partial charge in [-0.05, 0) is 20.3 Å². The maximum atomic E-state index is 3.86. The summed E-state index contributed by atoms with van der Waals surface area (Å²) in [6.07, 6.45) is 7.66. The van der Waals surface area contributed by atoms with Crippen LogP contribution in [0, 0.1) is 5.41 Å². The van der Waals surface area contributed by atoms with Crippen LogP contribution in [0.25, 0.3) is 0 Å². The molecule has 0 aromatic heterocycles. The van der Waals surface area contributed by atoms with Crippen LogP contribution in [0.2, 0.25) is 0 Å². The molecule has 1 atom stereocenters. The first kappa shape index (κ1) is 8.32. The van der Waals surface area contributed by atoms with Crippen molar-refractivity contribution in [2.75, 3.05) is 0 Å². The van der Waals surface area contributed by atoms with Gasteiger partial charge in [0.15, 0.2) is 0 Å². The molecule has 0 aromatic carbocycles. The topological polar surface area (TPSA) is 0 Å². The lowest BCUT2D eigenvalue weighted by molar-refractivity contribution is 0.515. The summed E-state index contributed by atoms with van der Waals surface area (Å²) in [6, 6.07) is 0. The predicted molar refractivity (Wildman–Crippen MR) is 50.4 cm³/mol. The molecule has 1 unspecified atom stereocenters. The Balaban J connectivity index is 2.96. The van der Waals surface area contributed by atoms with Gasteiger partial charge in [0, 0.05) is 5.41 Å². The molecule has 0 aliphatic heterocycles. The van der Waals surface area contributed by atoms with Gasteiger partial charge in [-0.2, -0.15) is 0 Å². The quantitative estimate of drug-likeness (QED) is 0.499. The van der Waals surface area contributed by atoms with Crippen LogP contribution in [0.15, 0.2) is 36.0 Å². The molecule has 0 aromatic rings. The minimum absolute atomic E-state index is 0.208. The number of hydrogen-bond donors (Lipinski definition) is 0. The molecule has 0 saturated heterocycles. The molecule has 1 aliphatic rings. The van der Waals surface area contributed by atoms with Crippen LogP contribution in [0.3, 0.4) is 0 Å². The van der Waals surface area contributed by atoms with Crippen LogP contribution in [0.1, 0.15) is 27.2 Å². The molecule has 0 saturated carbocycles. The Morgan fingerprint density at radius 2 is 2.18 bits per heavy atom. The highest BCUT2D eigenvalue weighted by Crippen LogP contribution is 2.36. The van der Waals surface area contributed by atoms with Crippen molar-refractivity contribution in [3.63, 3.8) is 0 Å². The SMILES string of the molecule is C=CC1(C)CC=C(C)C=C1C. The zero-order valence-electron chi connectivity index (χ0n) is 7.65. The molecule has 0 spiro atoms. The third-order valence-corrected chi connectivity index (χ3v) is 2.64. The molecule has 0 nitrogen and oxygen atoms in total. The van der Waals surface area contributed by atoms with Crippen molar-refractivity contribution in [1.82, 2.24) is 0 Å². The van der Waals surface area contributed by atoms with Crippen LogP contribution in [0.4, 0.5) is 0 Å². The van der Waals surface area contributed by atoms with Gasteiger partial charge in [0.05, 0.1) is 0 Å². The van der Waals surface area contributed by atoms with Gasteiger partial charge < -0.3 is 0 Å². The fourth-order valence-corrected chi connectivity index (χ4v) is 1.34. The minimum atomic E-state index is 0.208. The maximum absolute atomic E-state index is 3.86. The van der Waals surface area contributed by atoms with Gasteiger partial charge in [-0.15, -0.1) is 6.58 Å². The summed E-state index contributed by atoms with van der Waals surface area (Å²) in [7, 11) is 0. The Morgan fingerprint density at radius 1 is 1.55 bits per heavy atom. The van der Waals surface area contributed by atoms with Crippen LogP contribution in [-0.4, -0.2) is 0 Å². The van der Waals surface area contributed by atoms with E-state index in [9.17, 15) is 0 Å². The zero-order valence-corrected chi connectivity index (χ0v) is 7.65. The van der Waals surface area contributed by atoms with Crippen molar-refractivity contribution in [3.05, 3.63) is 36.0 Å². The lowest BCUT2D eigenvalue weighted by Crippen LogP contribution is -2.16. The van der Waals surface area contributed by atoms with Crippen LogP contribution >= 0.6 is 0 Å². The van der Waals surface area contributed by atoms with Gasteiger partial charge >= 0.3 is 0 Å². The van der Waals surface area contributed by atoms with E-state index in [4.69, 9.17) is 0 Å². The molecule has 0 radical (unpaired) electrons. The maximum Gasteiger partial charge on any atom is 0.00949 e. The van der Waals surface area contributed by atoms with Gasteiger partial charge in [0.2, 0.25) is 0 Å². The average Bonchev–Trinajstić information content (AvgIpc) is 1.98. The average molecular weight is 148 g/mol. The molecule has 0 bridgehead atoms. The Bertz CT molecular complexity index is 230. The number of allylic oxidation sites excluding steroid dienone is 5. The molecule has 1 aliphatic carbocycles. The Labute approximate surface area is 69.3 Å². The van der Waals surface area contributed by atoms with Crippen molar-refractivity contribution in [2.45, 2.75) is 27.2 Å². The first-order chi connectivity index (χ1) is 5.08. The Hall–Kier alpha value is -0.780. The molecular weight excluding hydrogens is 132 g/mol. The number of hydrogen-bond acceptors (Lipinski definition) is 0. The van der Waals surface area contributed by atoms with Crippen molar-refractivity contribution in [3.8, 4) is 0 Å². The van der Waals surface area contributed by atoms with E-state index in [0.717, 1.165) is 6.42 Å². The van der Waals surface area contributed by atoms with Gasteiger partial charge in [0.1, 0.15) is 0 Å². The lowest BCUT2D eigenvalue weighted by Gasteiger charge is -2.29. The second-order valence-corrected chi connectivity index (χ2v) is 3.60. The first-order valence-corrected chi connectivity index (χ1v) is 4.07. The smallest absolute Gasteiger partial charge is 0.00949 e. The zero-order chi connectivity index (χ0) is 8.48. The molecule has 0 heterocycles. The summed E-state index contributed by atoms with van der Waals surface area (Å²) >= 11 is 0. The highest BCUT2D eigenvalue weighted by atomic mass is 14.3. The van der Waals surface area contributed by atoms with Crippen LogP contribution < -0.4 is 0 Å². The monoisotopic (exact) mass is 148 g/mol. The summed E-state index contributed by atoms with van der Waals surface area (Å²) in [5, 5.41) is 0. The summed E-state index contributed by atoms with van der Waals surface area (Å²) in [4.78, 5) is 0. The van der Waals surface area contributed by atoms with Gasteiger partial charge in [-0.3, -0.25) is 0 Å². The van der Waals surface area contributed by atoms with Crippen LogP contribution in [-0.2, 0) is 0 Å². The molecule has 0 N–H and O–H groups in total. The van der Waals surface area contributed by atoms with Crippen molar-refractivity contribution < 1.29 is 0 Å². The Morgan fingerprint density at radius 3 is 2.64 bits per heavy atom. The molecule has 60 valence electrons. The number of rotatable bonds is 1. The summed E-state index contributed by atoms with van der Waals surface area (Å²) < 4.78 is 0. The van der Waals surface area contributed by atoms with E-state index in [2.05, 4.69) is 39.5 Å². The second-order valence-electron chi connectivity index (χ2n) is 3.60. The molecule has 0 amide bonds. The standard InChI is InChI=1S/C11H16/c1-5-11(4)7-6-9(2)8-10(11)3/h5-6,8H,1,7H2,2-4H3. The predicted octanol–water partition coefficient (Wildman–Crippen LogP) is 3.48. The van der Waals surface area contributed by atoms with Crippen molar-refractivity contribution >= 4 is 0 Å². The van der Waals surface area contributed by atoms with E-state index in [-0.39, 0.29) is 5.41 Å². The van der Waals surface area contributed by atoms with E-state index in [1.54, 1.807) is 0 Å². The van der Waals surface area contributed by atoms with E-state index in [1.807, 2.05) is 6.08 Å². The third kappa shape index (κ3) is 1.45. The molecule has 0 fully saturated rings. The van der Waals surface area contributed by atoms with Gasteiger partial charge in [-0.1, -0.05) is 36.3 Å². The normalized spacial score (nSPS) is 30.8. The summed E-state index contributed by atoms with van der Waals surface area (Å²) in [6.45, 7) is 10.4. The summed E-state index contributed by atoms with van der Waals surface area (Å²) in [5.74, 6) is 0. The fourth-order valence-electron chi connectivity index (χ4n) is 1.34. The van der Waals surface area contributed by atoms with Gasteiger partial charge in [0.25, 0.3) is 0 Å². The molecular formula is C11H16. The molecule has 0 heteroatoms. The highest BCUT2D eigenvalue weighted by Gasteiger charge is 2.23. The van der Waals surface area contributed by atoms with E-state index >= 15 is 0 Å². The first-order valence-electron chi connectivity index (χ1n) is 4.07. The van der Waals surface area contributed by atoms with Crippen molar-refractivity contribution in [1.29, 1.82) is 0 Å². The highest BCUT2D eigenvalue weighted by molar-refractivity contribution is 5.33. The molecule has 1 rings (SSSR count). The molecule has 11 heavy (non-hydrogen) atoms.